The summed E-state index contributed by atoms with van der Waals surface area (Å²) < 4.78 is 32.3. The highest BCUT2D eigenvalue weighted by atomic mass is 32.2. The number of hydrogen-bond donors (Lipinski definition) is 0. The molecule has 3 aliphatic rings. The summed E-state index contributed by atoms with van der Waals surface area (Å²) in [5.74, 6) is -0.0276. The first-order valence-corrected chi connectivity index (χ1v) is 12.7. The van der Waals surface area contributed by atoms with E-state index in [2.05, 4.69) is 29.2 Å². The number of sulfonamides is 1. The molecule has 0 radical (unpaired) electrons. The predicted molar refractivity (Wildman–Crippen MR) is 121 cm³/mol. The molecule has 3 heterocycles. The molecule has 1 atom stereocenters. The van der Waals surface area contributed by atoms with E-state index in [4.69, 9.17) is 4.74 Å². The van der Waals surface area contributed by atoms with Gasteiger partial charge in [0.2, 0.25) is 10.0 Å². The fourth-order valence-corrected chi connectivity index (χ4v) is 6.35. The first kappa shape index (κ1) is 21.6. The Labute approximate surface area is 189 Å². The van der Waals surface area contributed by atoms with Crippen molar-refractivity contribution >= 4 is 15.9 Å². The number of ether oxygens (including phenoxy) is 1. The van der Waals surface area contributed by atoms with E-state index in [1.54, 1.807) is 24.3 Å². The lowest BCUT2D eigenvalue weighted by atomic mass is 9.98. The smallest absolute Gasteiger partial charge is 0.253 e. The topological polar surface area (TPSA) is 70.2 Å². The van der Waals surface area contributed by atoms with Gasteiger partial charge in [-0.25, -0.2) is 8.42 Å². The minimum atomic E-state index is -3.55. The monoisotopic (exact) mass is 455 g/mol. The zero-order valence-corrected chi connectivity index (χ0v) is 19.0. The quantitative estimate of drug-likeness (QED) is 0.705. The van der Waals surface area contributed by atoms with E-state index >= 15 is 0 Å². The molecule has 2 aromatic rings. The van der Waals surface area contributed by atoms with Gasteiger partial charge >= 0.3 is 0 Å². The first-order valence-electron chi connectivity index (χ1n) is 11.3. The average Bonchev–Trinajstić information content (AvgIpc) is 3.34. The first-order chi connectivity index (χ1) is 15.5. The number of amides is 1. The summed E-state index contributed by atoms with van der Waals surface area (Å²) in [7, 11) is -3.55. The highest BCUT2D eigenvalue weighted by Gasteiger charge is 2.33. The van der Waals surface area contributed by atoms with Crippen molar-refractivity contribution in [2.75, 3.05) is 45.9 Å². The van der Waals surface area contributed by atoms with Crippen LogP contribution in [0.3, 0.4) is 0 Å². The van der Waals surface area contributed by atoms with Crippen LogP contribution < -0.4 is 0 Å². The molecule has 0 N–H and O–H groups in total. The Hall–Kier alpha value is -2.26. The summed E-state index contributed by atoms with van der Waals surface area (Å²) in [5, 5.41) is 0. The summed E-state index contributed by atoms with van der Waals surface area (Å²) in [6.45, 7) is 4.96. The van der Waals surface area contributed by atoms with E-state index in [9.17, 15) is 13.2 Å². The van der Waals surface area contributed by atoms with Gasteiger partial charge in [0.1, 0.15) is 0 Å². The second-order valence-electron chi connectivity index (χ2n) is 8.72. The molecule has 7 nitrogen and oxygen atoms in total. The number of morpholine rings is 1. The van der Waals surface area contributed by atoms with Crippen molar-refractivity contribution < 1.29 is 17.9 Å². The minimum absolute atomic E-state index is 0.0276. The van der Waals surface area contributed by atoms with Gasteiger partial charge in [-0.05, 0) is 48.2 Å². The minimum Gasteiger partial charge on any atom is -0.379 e. The van der Waals surface area contributed by atoms with Crippen LogP contribution in [0.25, 0.3) is 0 Å². The van der Waals surface area contributed by atoms with Crippen molar-refractivity contribution in [3.05, 3.63) is 65.2 Å². The summed E-state index contributed by atoms with van der Waals surface area (Å²) in [4.78, 5) is 17.7. The molecule has 170 valence electrons. The largest absolute Gasteiger partial charge is 0.379 e. The lowest BCUT2D eigenvalue weighted by molar-refractivity contribution is 0.0730. The number of likely N-dealkylation sites (tertiary alicyclic amines) is 1. The molecule has 1 amide bonds. The van der Waals surface area contributed by atoms with E-state index in [1.165, 1.54) is 15.4 Å². The van der Waals surface area contributed by atoms with Crippen molar-refractivity contribution in [1.29, 1.82) is 0 Å². The third-order valence-electron chi connectivity index (χ3n) is 6.84. The van der Waals surface area contributed by atoms with E-state index in [0.29, 0.717) is 37.9 Å². The zero-order chi connectivity index (χ0) is 22.1. The Balaban J connectivity index is 1.22. The second kappa shape index (κ2) is 8.94. The number of fused-ring (bicyclic) bond motifs is 1. The van der Waals surface area contributed by atoms with Crippen LogP contribution >= 0.6 is 0 Å². The molecule has 2 saturated heterocycles. The maximum atomic E-state index is 13.1. The van der Waals surface area contributed by atoms with Gasteiger partial charge in [0, 0.05) is 50.9 Å². The highest BCUT2D eigenvalue weighted by molar-refractivity contribution is 7.89. The third kappa shape index (κ3) is 4.20. The average molecular weight is 456 g/mol. The predicted octanol–water partition coefficient (Wildman–Crippen LogP) is 1.98. The van der Waals surface area contributed by atoms with E-state index < -0.39 is 10.0 Å². The SMILES string of the molecule is O=C(c1ccc(S(=O)(=O)N2CCOCC2)cc1)N1CCC(N2CCc3ccccc3C2)C1. The fraction of sp³-hybridized carbons (Fsp3) is 0.458. The van der Waals surface area contributed by atoms with Crippen molar-refractivity contribution in [2.24, 2.45) is 0 Å². The van der Waals surface area contributed by atoms with Crippen LogP contribution in [0, 0.1) is 0 Å². The molecule has 5 rings (SSSR count). The fourth-order valence-electron chi connectivity index (χ4n) is 4.94. The van der Waals surface area contributed by atoms with Gasteiger partial charge < -0.3 is 9.64 Å². The number of rotatable bonds is 4. The summed E-state index contributed by atoms with van der Waals surface area (Å²) in [5.41, 5.74) is 3.36. The van der Waals surface area contributed by atoms with Crippen LogP contribution in [-0.2, 0) is 27.7 Å². The van der Waals surface area contributed by atoms with Gasteiger partial charge in [0.05, 0.1) is 18.1 Å². The second-order valence-corrected chi connectivity index (χ2v) is 10.7. The van der Waals surface area contributed by atoms with Gasteiger partial charge in [-0.3, -0.25) is 9.69 Å². The molecule has 0 bridgehead atoms. The third-order valence-corrected chi connectivity index (χ3v) is 8.75. The summed E-state index contributed by atoms with van der Waals surface area (Å²) >= 11 is 0. The number of carbonyl (C=O) groups excluding carboxylic acids is 1. The lowest BCUT2D eigenvalue weighted by Gasteiger charge is -2.33. The Morgan fingerprint density at radius 3 is 2.38 bits per heavy atom. The molecule has 32 heavy (non-hydrogen) atoms. The number of hydrogen-bond acceptors (Lipinski definition) is 5. The molecular weight excluding hydrogens is 426 g/mol. The van der Waals surface area contributed by atoms with Gasteiger partial charge in [0.15, 0.2) is 0 Å². The molecule has 2 fully saturated rings. The number of carbonyl (C=O) groups is 1. The normalized spacial score (nSPS) is 22.6. The van der Waals surface area contributed by atoms with Gasteiger partial charge in [-0.1, -0.05) is 24.3 Å². The van der Waals surface area contributed by atoms with E-state index in [0.717, 1.165) is 39.0 Å². The molecule has 3 aliphatic heterocycles. The lowest BCUT2D eigenvalue weighted by Crippen LogP contribution is -2.41. The Morgan fingerprint density at radius 2 is 1.62 bits per heavy atom. The number of nitrogens with zero attached hydrogens (tertiary/aromatic N) is 3. The van der Waals surface area contributed by atoms with Crippen LogP contribution in [0.4, 0.5) is 0 Å². The molecule has 0 aliphatic carbocycles. The molecule has 0 aromatic heterocycles. The zero-order valence-electron chi connectivity index (χ0n) is 18.2. The van der Waals surface area contributed by atoms with Gasteiger partial charge in [-0.15, -0.1) is 0 Å². The molecule has 8 heteroatoms. The summed E-state index contributed by atoms with van der Waals surface area (Å²) in [6.07, 6.45) is 2.02. The van der Waals surface area contributed by atoms with Crippen LogP contribution in [0.2, 0.25) is 0 Å². The van der Waals surface area contributed by atoms with Crippen LogP contribution in [0.1, 0.15) is 27.9 Å². The van der Waals surface area contributed by atoms with Crippen molar-refractivity contribution in [1.82, 2.24) is 14.1 Å². The maximum absolute atomic E-state index is 13.1. The number of benzene rings is 2. The Kier molecular flexibility index (Phi) is 6.03. The van der Waals surface area contributed by atoms with Crippen LogP contribution in [0.15, 0.2) is 53.4 Å². The van der Waals surface area contributed by atoms with Gasteiger partial charge in [-0.2, -0.15) is 4.31 Å². The Morgan fingerprint density at radius 1 is 0.906 bits per heavy atom. The molecular formula is C24H29N3O4S. The van der Waals surface area contributed by atoms with Crippen molar-refractivity contribution in [3.8, 4) is 0 Å². The van der Waals surface area contributed by atoms with Crippen LogP contribution in [0.5, 0.6) is 0 Å². The molecule has 1 unspecified atom stereocenters. The Bertz CT molecular complexity index is 1080. The van der Waals surface area contributed by atoms with Gasteiger partial charge in [0.25, 0.3) is 5.91 Å². The molecule has 0 spiro atoms. The van der Waals surface area contributed by atoms with Crippen LogP contribution in [-0.4, -0.2) is 80.4 Å². The molecule has 2 aromatic carbocycles. The van der Waals surface area contributed by atoms with E-state index in [-0.39, 0.29) is 10.8 Å². The highest BCUT2D eigenvalue weighted by Crippen LogP contribution is 2.26. The van der Waals surface area contributed by atoms with E-state index in [1.807, 2.05) is 4.90 Å². The standard InChI is InChI=1S/C24H29N3O4S/c28-24(20-5-7-23(8-6-20)32(29,30)27-13-15-31-16-14-27)26-12-10-22(18-26)25-11-9-19-3-1-2-4-21(19)17-25/h1-8,22H,9-18H2. The summed E-state index contributed by atoms with van der Waals surface area (Å²) in [6, 6.07) is 15.3. The van der Waals surface area contributed by atoms with Crippen molar-refractivity contribution in [2.45, 2.75) is 30.3 Å². The maximum Gasteiger partial charge on any atom is 0.253 e. The molecule has 0 saturated carbocycles. The van der Waals surface area contributed by atoms with Crippen molar-refractivity contribution in [3.63, 3.8) is 0 Å².